The standard InChI is InChI=1S/C21H26N2/c1-4-16-13-23-10-8-17(16)12-21(23)15(3)18-7-9-22-20-6-5-14(2)11-19(18)20/h4-7,9,11,15-17,21H,1,8,10,12-13H2,2-3H3/t15-,16+,17?,21+/m1/s1. The van der Waals surface area contributed by atoms with Crippen LogP contribution in [-0.4, -0.2) is 29.0 Å². The van der Waals surface area contributed by atoms with Gasteiger partial charge in [0.05, 0.1) is 5.52 Å². The molecule has 2 heteroatoms. The highest BCUT2D eigenvalue weighted by atomic mass is 15.2. The van der Waals surface area contributed by atoms with E-state index in [1.165, 1.54) is 42.4 Å². The zero-order chi connectivity index (χ0) is 16.0. The molecule has 2 bridgehead atoms. The topological polar surface area (TPSA) is 16.1 Å². The van der Waals surface area contributed by atoms with Crippen molar-refractivity contribution < 1.29 is 0 Å². The highest BCUT2D eigenvalue weighted by molar-refractivity contribution is 5.83. The maximum absolute atomic E-state index is 4.56. The number of rotatable bonds is 3. The Morgan fingerprint density at radius 1 is 1.35 bits per heavy atom. The van der Waals surface area contributed by atoms with E-state index in [-0.39, 0.29) is 0 Å². The fourth-order valence-electron chi connectivity index (χ4n) is 4.78. The summed E-state index contributed by atoms with van der Waals surface area (Å²) < 4.78 is 0. The van der Waals surface area contributed by atoms with E-state index >= 15 is 0 Å². The highest BCUT2D eigenvalue weighted by Crippen LogP contribution is 2.42. The van der Waals surface area contributed by atoms with Crippen molar-refractivity contribution in [1.82, 2.24) is 9.88 Å². The first-order valence-corrected chi connectivity index (χ1v) is 8.89. The molecule has 1 aromatic carbocycles. The first-order chi connectivity index (χ1) is 11.2. The van der Waals surface area contributed by atoms with Gasteiger partial charge in [0, 0.05) is 24.2 Å². The Kier molecular flexibility index (Phi) is 3.73. The van der Waals surface area contributed by atoms with Gasteiger partial charge in [0.1, 0.15) is 0 Å². The minimum Gasteiger partial charge on any atom is -0.299 e. The predicted molar refractivity (Wildman–Crippen MR) is 96.7 cm³/mol. The van der Waals surface area contributed by atoms with Crippen LogP contribution in [0.15, 0.2) is 43.1 Å². The normalized spacial score (nSPS) is 31.2. The molecular formula is C21H26N2. The van der Waals surface area contributed by atoms with Crippen LogP contribution in [0.25, 0.3) is 10.9 Å². The fourth-order valence-corrected chi connectivity index (χ4v) is 4.78. The van der Waals surface area contributed by atoms with E-state index in [1.54, 1.807) is 0 Å². The second-order valence-electron chi connectivity index (χ2n) is 7.46. The molecule has 0 N–H and O–H groups in total. The van der Waals surface area contributed by atoms with Crippen molar-refractivity contribution in [2.45, 2.75) is 38.6 Å². The molecule has 3 saturated heterocycles. The van der Waals surface area contributed by atoms with Gasteiger partial charge in [-0.05, 0) is 67.8 Å². The third-order valence-corrected chi connectivity index (χ3v) is 6.15. The molecule has 5 atom stereocenters. The Hall–Kier alpha value is -1.67. The molecule has 2 nitrogen and oxygen atoms in total. The largest absolute Gasteiger partial charge is 0.299 e. The number of aryl methyl sites for hydroxylation is 1. The molecule has 23 heavy (non-hydrogen) atoms. The molecular weight excluding hydrogens is 280 g/mol. The van der Waals surface area contributed by atoms with E-state index in [9.17, 15) is 0 Å². The molecule has 5 rings (SSSR count). The third kappa shape index (κ3) is 2.49. The van der Waals surface area contributed by atoms with Gasteiger partial charge in [0.2, 0.25) is 0 Å². The average molecular weight is 306 g/mol. The Morgan fingerprint density at radius 2 is 2.22 bits per heavy atom. The van der Waals surface area contributed by atoms with Crippen molar-refractivity contribution in [2.24, 2.45) is 11.8 Å². The van der Waals surface area contributed by atoms with Crippen LogP contribution in [-0.2, 0) is 0 Å². The quantitative estimate of drug-likeness (QED) is 0.774. The summed E-state index contributed by atoms with van der Waals surface area (Å²) in [5, 5.41) is 1.34. The van der Waals surface area contributed by atoms with Gasteiger partial charge >= 0.3 is 0 Å². The number of fused-ring (bicyclic) bond motifs is 4. The number of benzene rings is 1. The summed E-state index contributed by atoms with van der Waals surface area (Å²) in [5.74, 6) is 2.08. The molecule has 2 aromatic rings. The van der Waals surface area contributed by atoms with Crippen LogP contribution in [0, 0.1) is 18.8 Å². The zero-order valence-electron chi connectivity index (χ0n) is 14.2. The van der Waals surface area contributed by atoms with Gasteiger partial charge in [0.15, 0.2) is 0 Å². The van der Waals surface area contributed by atoms with E-state index in [1.807, 2.05) is 6.20 Å². The summed E-state index contributed by atoms with van der Waals surface area (Å²) >= 11 is 0. The van der Waals surface area contributed by atoms with E-state index in [0.717, 1.165) is 11.4 Å². The van der Waals surface area contributed by atoms with Crippen LogP contribution < -0.4 is 0 Å². The van der Waals surface area contributed by atoms with Crippen LogP contribution in [0.1, 0.15) is 36.8 Å². The summed E-state index contributed by atoms with van der Waals surface area (Å²) in [4.78, 5) is 7.26. The summed E-state index contributed by atoms with van der Waals surface area (Å²) in [7, 11) is 0. The lowest BCUT2D eigenvalue weighted by atomic mass is 9.71. The molecule has 1 aromatic heterocycles. The number of hydrogen-bond donors (Lipinski definition) is 0. The van der Waals surface area contributed by atoms with Gasteiger partial charge in [-0.2, -0.15) is 0 Å². The van der Waals surface area contributed by atoms with Crippen molar-refractivity contribution in [3.63, 3.8) is 0 Å². The lowest BCUT2D eigenvalue weighted by Gasteiger charge is -2.51. The van der Waals surface area contributed by atoms with Crippen LogP contribution in [0.5, 0.6) is 0 Å². The number of nitrogens with zero attached hydrogens (tertiary/aromatic N) is 2. The van der Waals surface area contributed by atoms with Crippen molar-refractivity contribution in [3.8, 4) is 0 Å². The highest BCUT2D eigenvalue weighted by Gasteiger charge is 2.41. The van der Waals surface area contributed by atoms with Gasteiger partial charge in [0.25, 0.3) is 0 Å². The summed E-state index contributed by atoms with van der Waals surface area (Å²) in [5.41, 5.74) is 3.91. The second kappa shape index (κ2) is 5.76. The van der Waals surface area contributed by atoms with E-state index in [4.69, 9.17) is 0 Å². The number of piperidine rings is 3. The first kappa shape index (κ1) is 14.9. The lowest BCUT2D eigenvalue weighted by molar-refractivity contribution is 0.00925. The van der Waals surface area contributed by atoms with E-state index in [2.05, 4.69) is 60.7 Å². The Morgan fingerprint density at radius 3 is 2.96 bits per heavy atom. The smallest absolute Gasteiger partial charge is 0.0705 e. The van der Waals surface area contributed by atoms with Gasteiger partial charge in [-0.1, -0.05) is 24.6 Å². The molecule has 2 unspecified atom stereocenters. The number of aromatic nitrogens is 1. The molecule has 0 radical (unpaired) electrons. The predicted octanol–water partition coefficient (Wildman–Crippen LogP) is 4.54. The minimum atomic E-state index is 0.552. The molecule has 0 saturated carbocycles. The summed E-state index contributed by atoms with van der Waals surface area (Å²) in [6.07, 6.45) is 6.82. The third-order valence-electron chi connectivity index (χ3n) is 6.15. The van der Waals surface area contributed by atoms with Crippen LogP contribution in [0.3, 0.4) is 0 Å². The minimum absolute atomic E-state index is 0.552. The van der Waals surface area contributed by atoms with Gasteiger partial charge < -0.3 is 0 Å². The van der Waals surface area contributed by atoms with Gasteiger partial charge in [-0.3, -0.25) is 9.88 Å². The summed E-state index contributed by atoms with van der Waals surface area (Å²) in [6.45, 7) is 11.1. The Bertz CT molecular complexity index is 736. The van der Waals surface area contributed by atoms with Crippen molar-refractivity contribution >= 4 is 10.9 Å². The molecule has 3 aliphatic rings. The van der Waals surface area contributed by atoms with E-state index < -0.39 is 0 Å². The SMILES string of the molecule is C=C[C@H]1CN2CCC1C[C@H]2[C@H](C)c1ccnc2ccc(C)cc12. The van der Waals surface area contributed by atoms with Crippen LogP contribution >= 0.6 is 0 Å². The fraction of sp³-hybridized carbons (Fsp3) is 0.476. The Balaban J connectivity index is 1.69. The Labute approximate surface area is 139 Å². The number of hydrogen-bond acceptors (Lipinski definition) is 2. The summed E-state index contributed by atoms with van der Waals surface area (Å²) in [6, 6.07) is 9.51. The molecule has 120 valence electrons. The molecule has 4 heterocycles. The van der Waals surface area contributed by atoms with Gasteiger partial charge in [-0.15, -0.1) is 6.58 Å². The maximum atomic E-state index is 4.56. The van der Waals surface area contributed by atoms with Crippen molar-refractivity contribution in [3.05, 3.63) is 54.2 Å². The number of pyridine rings is 1. The lowest BCUT2D eigenvalue weighted by Crippen LogP contribution is -2.54. The molecule has 0 spiro atoms. The van der Waals surface area contributed by atoms with Crippen LogP contribution in [0.4, 0.5) is 0 Å². The molecule has 0 amide bonds. The second-order valence-corrected chi connectivity index (χ2v) is 7.46. The van der Waals surface area contributed by atoms with Gasteiger partial charge in [-0.25, -0.2) is 0 Å². The maximum Gasteiger partial charge on any atom is 0.0705 e. The van der Waals surface area contributed by atoms with E-state index in [0.29, 0.717) is 17.9 Å². The molecule has 0 aliphatic carbocycles. The molecule has 3 aliphatic heterocycles. The zero-order valence-corrected chi connectivity index (χ0v) is 14.2. The van der Waals surface area contributed by atoms with Crippen LogP contribution in [0.2, 0.25) is 0 Å². The first-order valence-electron chi connectivity index (χ1n) is 8.89. The monoisotopic (exact) mass is 306 g/mol. The molecule has 3 fully saturated rings. The van der Waals surface area contributed by atoms with Crippen molar-refractivity contribution in [1.29, 1.82) is 0 Å². The average Bonchev–Trinajstić information content (AvgIpc) is 2.60. The van der Waals surface area contributed by atoms with Crippen molar-refractivity contribution in [2.75, 3.05) is 13.1 Å².